The lowest BCUT2D eigenvalue weighted by Crippen LogP contribution is -2.16. The molecule has 0 spiro atoms. The SMILES string of the molecule is CC(=NNC(=O)O)C1CC1. The third kappa shape index (κ3) is 2.05. The van der Waals surface area contributed by atoms with Crippen LogP contribution in [0.3, 0.4) is 0 Å². The van der Waals surface area contributed by atoms with Crippen molar-refractivity contribution in [2.24, 2.45) is 11.0 Å². The van der Waals surface area contributed by atoms with Gasteiger partial charge in [-0.3, -0.25) is 0 Å². The van der Waals surface area contributed by atoms with Gasteiger partial charge in [0.2, 0.25) is 0 Å². The summed E-state index contributed by atoms with van der Waals surface area (Å²) >= 11 is 0. The minimum absolute atomic E-state index is 0.534. The molecule has 0 radical (unpaired) electrons. The Morgan fingerprint density at radius 1 is 1.70 bits per heavy atom. The van der Waals surface area contributed by atoms with Crippen molar-refractivity contribution in [1.82, 2.24) is 5.43 Å². The van der Waals surface area contributed by atoms with Crippen LogP contribution in [0.4, 0.5) is 4.79 Å². The van der Waals surface area contributed by atoms with Crippen molar-refractivity contribution >= 4 is 11.8 Å². The lowest BCUT2D eigenvalue weighted by molar-refractivity contribution is 0.195. The van der Waals surface area contributed by atoms with Gasteiger partial charge in [-0.15, -0.1) is 0 Å². The van der Waals surface area contributed by atoms with Crippen molar-refractivity contribution < 1.29 is 9.90 Å². The maximum atomic E-state index is 9.93. The maximum Gasteiger partial charge on any atom is 0.425 e. The van der Waals surface area contributed by atoms with Crippen LogP contribution in [0.25, 0.3) is 0 Å². The molecule has 1 aliphatic carbocycles. The van der Waals surface area contributed by atoms with Crippen LogP contribution in [-0.4, -0.2) is 16.9 Å². The highest BCUT2D eigenvalue weighted by atomic mass is 16.4. The zero-order chi connectivity index (χ0) is 7.56. The minimum atomic E-state index is -1.10. The Balaban J connectivity index is 2.30. The normalized spacial score (nSPS) is 18.7. The highest BCUT2D eigenvalue weighted by Crippen LogP contribution is 2.29. The van der Waals surface area contributed by atoms with E-state index >= 15 is 0 Å². The number of hydrazone groups is 1. The zero-order valence-corrected chi connectivity index (χ0v) is 5.79. The van der Waals surface area contributed by atoms with Gasteiger partial charge in [0, 0.05) is 5.71 Å². The van der Waals surface area contributed by atoms with Gasteiger partial charge in [0.05, 0.1) is 0 Å². The number of carboxylic acid groups (broad SMARTS) is 1. The van der Waals surface area contributed by atoms with E-state index in [1.54, 1.807) is 0 Å². The lowest BCUT2D eigenvalue weighted by Gasteiger charge is -1.94. The Morgan fingerprint density at radius 3 is 2.70 bits per heavy atom. The average molecular weight is 142 g/mol. The summed E-state index contributed by atoms with van der Waals surface area (Å²) in [5.41, 5.74) is 2.86. The number of nitrogens with zero attached hydrogens (tertiary/aromatic N) is 1. The summed E-state index contributed by atoms with van der Waals surface area (Å²) < 4.78 is 0. The molecule has 0 saturated heterocycles. The van der Waals surface area contributed by atoms with Gasteiger partial charge in [0.1, 0.15) is 0 Å². The summed E-state index contributed by atoms with van der Waals surface area (Å²) in [7, 11) is 0. The summed E-state index contributed by atoms with van der Waals surface area (Å²) in [5.74, 6) is 0.534. The standard InChI is InChI=1S/C6H10N2O2/c1-4(5-2-3-5)7-8-6(9)10/h5,8H,2-3H2,1H3,(H,9,10). The lowest BCUT2D eigenvalue weighted by atomic mass is 10.3. The maximum absolute atomic E-state index is 9.93. The highest BCUT2D eigenvalue weighted by molar-refractivity contribution is 5.87. The van der Waals surface area contributed by atoms with Crippen LogP contribution in [-0.2, 0) is 0 Å². The van der Waals surface area contributed by atoms with E-state index in [9.17, 15) is 4.79 Å². The second-order valence-electron chi connectivity index (χ2n) is 2.44. The van der Waals surface area contributed by atoms with E-state index in [4.69, 9.17) is 5.11 Å². The first kappa shape index (κ1) is 7.05. The third-order valence-corrected chi connectivity index (χ3v) is 1.50. The molecular weight excluding hydrogens is 132 g/mol. The Hall–Kier alpha value is -1.06. The Bertz CT molecular complexity index is 173. The average Bonchev–Trinajstić information content (AvgIpc) is 2.63. The minimum Gasteiger partial charge on any atom is -0.464 e. The van der Waals surface area contributed by atoms with E-state index in [2.05, 4.69) is 5.10 Å². The fourth-order valence-electron chi connectivity index (χ4n) is 0.728. The van der Waals surface area contributed by atoms with Gasteiger partial charge in [0.25, 0.3) is 0 Å². The second kappa shape index (κ2) is 2.68. The van der Waals surface area contributed by atoms with Crippen molar-refractivity contribution in [1.29, 1.82) is 0 Å². The molecular formula is C6H10N2O2. The first-order valence-electron chi connectivity index (χ1n) is 3.23. The van der Waals surface area contributed by atoms with Crippen LogP contribution < -0.4 is 5.43 Å². The van der Waals surface area contributed by atoms with Gasteiger partial charge in [-0.1, -0.05) is 0 Å². The molecule has 1 amide bonds. The molecule has 1 saturated carbocycles. The van der Waals surface area contributed by atoms with Gasteiger partial charge < -0.3 is 5.11 Å². The van der Waals surface area contributed by atoms with Crippen LogP contribution in [0.15, 0.2) is 5.10 Å². The van der Waals surface area contributed by atoms with Crippen molar-refractivity contribution in [2.75, 3.05) is 0 Å². The van der Waals surface area contributed by atoms with Gasteiger partial charge in [-0.2, -0.15) is 5.10 Å². The van der Waals surface area contributed by atoms with Crippen LogP contribution in [0.1, 0.15) is 19.8 Å². The van der Waals surface area contributed by atoms with Crippen molar-refractivity contribution in [3.8, 4) is 0 Å². The molecule has 56 valence electrons. The molecule has 1 rings (SSSR count). The molecule has 0 aromatic heterocycles. The summed E-state index contributed by atoms with van der Waals surface area (Å²) in [4.78, 5) is 9.93. The van der Waals surface area contributed by atoms with Crippen molar-refractivity contribution in [3.63, 3.8) is 0 Å². The quantitative estimate of drug-likeness (QED) is 0.447. The number of nitrogens with one attached hydrogen (secondary N) is 1. The van der Waals surface area contributed by atoms with Crippen molar-refractivity contribution in [3.05, 3.63) is 0 Å². The van der Waals surface area contributed by atoms with Crippen LogP contribution in [0.2, 0.25) is 0 Å². The summed E-state index contributed by atoms with van der Waals surface area (Å²) in [6, 6.07) is 0. The highest BCUT2D eigenvalue weighted by Gasteiger charge is 2.24. The molecule has 0 bridgehead atoms. The molecule has 0 unspecified atom stereocenters. The fourth-order valence-corrected chi connectivity index (χ4v) is 0.728. The van der Waals surface area contributed by atoms with E-state index in [-0.39, 0.29) is 0 Å². The second-order valence-corrected chi connectivity index (χ2v) is 2.44. The van der Waals surface area contributed by atoms with E-state index in [0.717, 1.165) is 18.6 Å². The molecule has 4 nitrogen and oxygen atoms in total. The van der Waals surface area contributed by atoms with Crippen LogP contribution in [0, 0.1) is 5.92 Å². The number of rotatable bonds is 2. The molecule has 0 aromatic rings. The Kier molecular flexibility index (Phi) is 1.89. The Labute approximate surface area is 58.9 Å². The smallest absolute Gasteiger partial charge is 0.425 e. The topological polar surface area (TPSA) is 61.7 Å². The molecule has 2 N–H and O–H groups in total. The first-order valence-corrected chi connectivity index (χ1v) is 3.23. The van der Waals surface area contributed by atoms with Gasteiger partial charge in [-0.05, 0) is 25.7 Å². The molecule has 0 aliphatic heterocycles. The molecule has 4 heteroatoms. The first-order chi connectivity index (χ1) is 4.70. The predicted octanol–water partition coefficient (Wildman–Crippen LogP) is 1.04. The Morgan fingerprint density at radius 2 is 2.30 bits per heavy atom. The molecule has 1 fully saturated rings. The monoisotopic (exact) mass is 142 g/mol. The molecule has 0 atom stereocenters. The zero-order valence-electron chi connectivity index (χ0n) is 5.79. The van der Waals surface area contributed by atoms with E-state index < -0.39 is 6.09 Å². The number of carbonyl (C=O) groups is 1. The molecule has 0 aromatic carbocycles. The van der Waals surface area contributed by atoms with Gasteiger partial charge in [0.15, 0.2) is 0 Å². The molecule has 1 aliphatic rings. The fraction of sp³-hybridized carbons (Fsp3) is 0.667. The molecule has 0 heterocycles. The number of hydrogen-bond donors (Lipinski definition) is 2. The van der Waals surface area contributed by atoms with E-state index in [1.165, 1.54) is 0 Å². The summed E-state index contributed by atoms with van der Waals surface area (Å²) in [6.07, 6.45) is 1.20. The van der Waals surface area contributed by atoms with Crippen molar-refractivity contribution in [2.45, 2.75) is 19.8 Å². The van der Waals surface area contributed by atoms with Crippen LogP contribution >= 0.6 is 0 Å². The van der Waals surface area contributed by atoms with E-state index in [0.29, 0.717) is 5.92 Å². The van der Waals surface area contributed by atoms with Gasteiger partial charge >= 0.3 is 6.09 Å². The number of hydrogen-bond acceptors (Lipinski definition) is 2. The number of amides is 1. The predicted molar refractivity (Wildman–Crippen MR) is 37.0 cm³/mol. The summed E-state index contributed by atoms with van der Waals surface area (Å²) in [6.45, 7) is 1.84. The van der Waals surface area contributed by atoms with E-state index in [1.807, 2.05) is 12.3 Å². The largest absolute Gasteiger partial charge is 0.464 e. The third-order valence-electron chi connectivity index (χ3n) is 1.50. The van der Waals surface area contributed by atoms with Gasteiger partial charge in [-0.25, -0.2) is 10.2 Å². The summed E-state index contributed by atoms with van der Waals surface area (Å²) in [5, 5.41) is 11.8. The van der Waals surface area contributed by atoms with Crippen LogP contribution in [0.5, 0.6) is 0 Å². The molecule has 10 heavy (non-hydrogen) atoms.